The van der Waals surface area contributed by atoms with Gasteiger partial charge in [0.1, 0.15) is 0 Å². The summed E-state index contributed by atoms with van der Waals surface area (Å²) < 4.78 is 11.5. The molecule has 8 nitrogen and oxygen atoms in total. The number of aryl methyl sites for hydroxylation is 1. The lowest BCUT2D eigenvalue weighted by Gasteiger charge is -2.11. The number of benzene rings is 1. The van der Waals surface area contributed by atoms with Gasteiger partial charge in [-0.15, -0.1) is 0 Å². The van der Waals surface area contributed by atoms with Crippen LogP contribution in [0.15, 0.2) is 47.4 Å². The average Bonchev–Trinajstić information content (AvgIpc) is 2.73. The van der Waals surface area contributed by atoms with E-state index >= 15 is 0 Å². The zero-order valence-electron chi connectivity index (χ0n) is 17.1. The van der Waals surface area contributed by atoms with E-state index < -0.39 is 11.9 Å². The fourth-order valence-electron chi connectivity index (χ4n) is 3.04. The second-order valence-electron chi connectivity index (χ2n) is 6.62. The molecule has 0 aliphatic rings. The van der Waals surface area contributed by atoms with Crippen molar-refractivity contribution in [1.82, 2.24) is 9.55 Å². The summed E-state index contributed by atoms with van der Waals surface area (Å²) >= 11 is 0. The molecule has 3 aromatic rings. The lowest BCUT2D eigenvalue weighted by molar-refractivity contribution is 0.0526. The number of nitrogens with zero attached hydrogens (tertiary/aromatic N) is 2. The van der Waals surface area contributed by atoms with E-state index in [9.17, 15) is 14.4 Å². The van der Waals surface area contributed by atoms with E-state index in [1.54, 1.807) is 57.5 Å². The molecule has 0 unspecified atom stereocenters. The van der Waals surface area contributed by atoms with Crippen molar-refractivity contribution < 1.29 is 19.1 Å². The summed E-state index contributed by atoms with van der Waals surface area (Å²) in [6.07, 6.45) is 1.66. The molecule has 30 heavy (non-hydrogen) atoms. The molecule has 1 amide bonds. The Morgan fingerprint density at radius 3 is 2.73 bits per heavy atom. The molecule has 0 bridgehead atoms. The van der Waals surface area contributed by atoms with Gasteiger partial charge in [0, 0.05) is 25.5 Å². The van der Waals surface area contributed by atoms with Crippen molar-refractivity contribution in [2.75, 3.05) is 25.6 Å². The molecule has 0 fully saturated rings. The molecule has 0 spiro atoms. The molecule has 0 atom stereocenters. The van der Waals surface area contributed by atoms with E-state index in [1.807, 2.05) is 0 Å². The van der Waals surface area contributed by atoms with E-state index in [0.717, 1.165) is 0 Å². The fourth-order valence-corrected chi connectivity index (χ4v) is 3.04. The molecular formula is C22H23N3O5. The van der Waals surface area contributed by atoms with Crippen LogP contribution in [0, 0.1) is 6.92 Å². The predicted molar refractivity (Wildman–Crippen MR) is 113 cm³/mol. The quantitative estimate of drug-likeness (QED) is 0.603. The molecule has 1 N–H and O–H groups in total. The van der Waals surface area contributed by atoms with Gasteiger partial charge in [0.2, 0.25) is 0 Å². The van der Waals surface area contributed by atoms with Gasteiger partial charge in [-0.05, 0) is 44.2 Å². The number of rotatable bonds is 7. The summed E-state index contributed by atoms with van der Waals surface area (Å²) in [5, 5.41) is 3.11. The molecular weight excluding hydrogens is 386 g/mol. The summed E-state index contributed by atoms with van der Waals surface area (Å²) in [7, 11) is 1.57. The van der Waals surface area contributed by atoms with E-state index in [4.69, 9.17) is 9.47 Å². The van der Waals surface area contributed by atoms with Crippen LogP contribution in [0.3, 0.4) is 0 Å². The van der Waals surface area contributed by atoms with Gasteiger partial charge in [0.25, 0.3) is 11.5 Å². The molecule has 0 radical (unpaired) electrons. The van der Waals surface area contributed by atoms with Crippen molar-refractivity contribution in [3.8, 4) is 0 Å². The number of carbonyl (C=O) groups is 2. The standard InChI is InChI=1S/C22H23N3O5/c1-4-30-22(28)15-6-5-7-16(12-15)24-20(26)17-13-18-19(23-14(17)2)8-9-25(21(18)27)10-11-29-3/h5-9,12-13H,4,10-11H2,1-3H3,(H,24,26). The summed E-state index contributed by atoms with van der Waals surface area (Å²) in [5.41, 5.74) is 1.84. The SMILES string of the molecule is CCOC(=O)c1cccc(NC(=O)c2cc3c(=O)n(CCOC)ccc3nc2C)c1. The molecule has 3 rings (SSSR count). The molecule has 1 aromatic carbocycles. The molecule has 156 valence electrons. The maximum Gasteiger partial charge on any atom is 0.338 e. The number of nitrogens with one attached hydrogen (secondary N) is 1. The van der Waals surface area contributed by atoms with Crippen LogP contribution in [0.25, 0.3) is 10.9 Å². The lowest BCUT2D eigenvalue weighted by atomic mass is 10.1. The second-order valence-corrected chi connectivity index (χ2v) is 6.62. The Morgan fingerprint density at radius 1 is 1.20 bits per heavy atom. The van der Waals surface area contributed by atoms with Gasteiger partial charge in [-0.3, -0.25) is 14.6 Å². The Bertz CT molecular complexity index is 1150. The number of ether oxygens (including phenoxy) is 2. The lowest BCUT2D eigenvalue weighted by Crippen LogP contribution is -2.23. The van der Waals surface area contributed by atoms with Gasteiger partial charge in [-0.2, -0.15) is 0 Å². The van der Waals surface area contributed by atoms with Crippen molar-refractivity contribution in [2.24, 2.45) is 0 Å². The number of amides is 1. The molecule has 0 saturated heterocycles. The van der Waals surface area contributed by atoms with Crippen LogP contribution >= 0.6 is 0 Å². The maximum atomic E-state index is 12.9. The summed E-state index contributed by atoms with van der Waals surface area (Å²) in [6.45, 7) is 4.50. The van der Waals surface area contributed by atoms with Gasteiger partial charge in [0.05, 0.1) is 40.9 Å². The molecule has 0 aliphatic heterocycles. The van der Waals surface area contributed by atoms with Crippen LogP contribution in [0.4, 0.5) is 5.69 Å². The predicted octanol–water partition coefficient (Wildman–Crippen LogP) is 2.78. The zero-order valence-corrected chi connectivity index (χ0v) is 17.1. The first-order valence-electron chi connectivity index (χ1n) is 9.53. The van der Waals surface area contributed by atoms with Crippen LogP contribution in [0.1, 0.15) is 33.3 Å². The molecule has 2 aromatic heterocycles. The van der Waals surface area contributed by atoms with E-state index in [0.29, 0.717) is 41.0 Å². The van der Waals surface area contributed by atoms with Crippen LogP contribution in [-0.4, -0.2) is 41.8 Å². The summed E-state index contributed by atoms with van der Waals surface area (Å²) in [4.78, 5) is 41.9. The van der Waals surface area contributed by atoms with Crippen molar-refractivity contribution in [3.63, 3.8) is 0 Å². The van der Waals surface area contributed by atoms with Gasteiger partial charge >= 0.3 is 5.97 Å². The van der Waals surface area contributed by atoms with Crippen molar-refractivity contribution >= 4 is 28.5 Å². The average molecular weight is 409 g/mol. The largest absolute Gasteiger partial charge is 0.462 e. The zero-order chi connectivity index (χ0) is 21.7. The minimum atomic E-state index is -0.464. The highest BCUT2D eigenvalue weighted by Crippen LogP contribution is 2.17. The summed E-state index contributed by atoms with van der Waals surface area (Å²) in [6, 6.07) is 9.76. The number of aromatic nitrogens is 2. The van der Waals surface area contributed by atoms with Gasteiger partial charge < -0.3 is 19.4 Å². The van der Waals surface area contributed by atoms with Crippen LogP contribution in [0.2, 0.25) is 0 Å². The molecule has 2 heterocycles. The first-order chi connectivity index (χ1) is 14.4. The number of hydrogen-bond donors (Lipinski definition) is 1. The first kappa shape index (κ1) is 21.2. The number of anilines is 1. The van der Waals surface area contributed by atoms with E-state index in [1.165, 1.54) is 10.6 Å². The minimum Gasteiger partial charge on any atom is -0.462 e. The Labute approximate surface area is 173 Å². The highest BCUT2D eigenvalue weighted by Gasteiger charge is 2.15. The Morgan fingerprint density at radius 2 is 2.00 bits per heavy atom. The van der Waals surface area contributed by atoms with E-state index in [2.05, 4.69) is 10.3 Å². The number of methoxy groups -OCH3 is 1. The topological polar surface area (TPSA) is 99.5 Å². The van der Waals surface area contributed by atoms with Gasteiger partial charge in [0.15, 0.2) is 0 Å². The Kier molecular flexibility index (Phi) is 6.58. The third-order valence-electron chi connectivity index (χ3n) is 4.56. The van der Waals surface area contributed by atoms with Crippen LogP contribution < -0.4 is 10.9 Å². The number of esters is 1. The highest BCUT2D eigenvalue weighted by atomic mass is 16.5. The fraction of sp³-hybridized carbons (Fsp3) is 0.273. The molecule has 0 aliphatic carbocycles. The third kappa shape index (κ3) is 4.55. The van der Waals surface area contributed by atoms with Gasteiger partial charge in [-0.25, -0.2) is 4.79 Å². The molecule has 0 saturated carbocycles. The smallest absolute Gasteiger partial charge is 0.338 e. The van der Waals surface area contributed by atoms with Crippen LogP contribution in [-0.2, 0) is 16.0 Å². The third-order valence-corrected chi connectivity index (χ3v) is 4.56. The first-order valence-corrected chi connectivity index (χ1v) is 9.53. The second kappa shape index (κ2) is 9.32. The van der Waals surface area contributed by atoms with Crippen molar-refractivity contribution in [1.29, 1.82) is 0 Å². The van der Waals surface area contributed by atoms with Crippen LogP contribution in [0.5, 0.6) is 0 Å². The highest BCUT2D eigenvalue weighted by molar-refractivity contribution is 6.07. The number of hydrogen-bond acceptors (Lipinski definition) is 6. The number of pyridine rings is 2. The molecule has 8 heteroatoms. The normalized spacial score (nSPS) is 10.8. The number of carbonyl (C=O) groups excluding carboxylic acids is 2. The summed E-state index contributed by atoms with van der Waals surface area (Å²) in [5.74, 6) is -0.886. The maximum absolute atomic E-state index is 12.9. The Balaban J connectivity index is 1.92. The van der Waals surface area contributed by atoms with Crippen molar-refractivity contribution in [3.05, 3.63) is 69.8 Å². The van der Waals surface area contributed by atoms with Gasteiger partial charge in [-0.1, -0.05) is 6.07 Å². The Hall–Kier alpha value is -3.52. The van der Waals surface area contributed by atoms with E-state index in [-0.39, 0.29) is 17.7 Å². The van der Waals surface area contributed by atoms with Crippen molar-refractivity contribution in [2.45, 2.75) is 20.4 Å². The monoisotopic (exact) mass is 409 g/mol. The minimum absolute atomic E-state index is 0.240. The number of fused-ring (bicyclic) bond motifs is 1.